The Bertz CT molecular complexity index is 680. The first-order valence-corrected chi connectivity index (χ1v) is 7.82. The number of hydrogen-bond donors (Lipinski definition) is 1. The highest BCUT2D eigenvalue weighted by Gasteiger charge is 2.35. The van der Waals surface area contributed by atoms with Gasteiger partial charge in [-0.15, -0.1) is 0 Å². The third-order valence-electron chi connectivity index (χ3n) is 3.92. The molecule has 0 spiro atoms. The lowest BCUT2D eigenvalue weighted by Gasteiger charge is -2.17. The van der Waals surface area contributed by atoms with Gasteiger partial charge in [0.2, 0.25) is 5.91 Å². The van der Waals surface area contributed by atoms with Crippen LogP contribution in [-0.4, -0.2) is 56.0 Å². The summed E-state index contributed by atoms with van der Waals surface area (Å²) >= 11 is 0. The molecule has 1 aromatic carbocycles. The number of ether oxygens (including phenoxy) is 1. The molecular formula is C16H19FN4O3. The van der Waals surface area contributed by atoms with E-state index in [1.807, 2.05) is 0 Å². The largest absolute Gasteiger partial charge is 0.486 e. The van der Waals surface area contributed by atoms with E-state index in [2.05, 4.69) is 10.1 Å². The summed E-state index contributed by atoms with van der Waals surface area (Å²) in [6.07, 6.45) is 2.72. The number of aryl methyl sites for hydroxylation is 1. The summed E-state index contributed by atoms with van der Waals surface area (Å²) in [6, 6.07) is 5.75. The molecule has 2 heterocycles. The van der Waals surface area contributed by atoms with Gasteiger partial charge in [-0.1, -0.05) is 6.07 Å². The Labute approximate surface area is 138 Å². The van der Waals surface area contributed by atoms with E-state index in [-0.39, 0.29) is 12.5 Å². The van der Waals surface area contributed by atoms with Gasteiger partial charge in [-0.05, 0) is 18.6 Å². The van der Waals surface area contributed by atoms with Gasteiger partial charge in [-0.3, -0.25) is 9.48 Å². The Morgan fingerprint density at radius 2 is 2.29 bits per heavy atom. The van der Waals surface area contributed by atoms with Gasteiger partial charge < -0.3 is 14.7 Å². The number of β-amino-alcohol motifs (C(OH)–C–C–N with tert-alkyl or cyclic N) is 1. The van der Waals surface area contributed by atoms with E-state index < -0.39 is 18.0 Å². The number of likely N-dealkylation sites (tertiary alicyclic amines) is 1. The number of amides is 1. The van der Waals surface area contributed by atoms with Crippen LogP contribution in [-0.2, 0) is 11.3 Å². The first-order valence-electron chi connectivity index (χ1n) is 7.82. The molecule has 2 aromatic rings. The van der Waals surface area contributed by atoms with E-state index in [0.29, 0.717) is 31.7 Å². The number of halogens is 1. The Morgan fingerprint density at radius 1 is 1.42 bits per heavy atom. The molecule has 1 fully saturated rings. The standard InChI is InChI=1S/C16H19FN4O3/c17-12-3-1-4-13(7-12)24-15-9-20(8-14(15)22)16(23)5-2-6-21-11-18-10-19-21/h1,3-4,7,10-11,14-15,22H,2,5-6,8-9H2/t14-,15-/m1/s1. The summed E-state index contributed by atoms with van der Waals surface area (Å²) < 4.78 is 20.5. The number of aliphatic hydroxyl groups is 1. The minimum Gasteiger partial charge on any atom is -0.486 e. The minimum absolute atomic E-state index is 0.0421. The van der Waals surface area contributed by atoms with Crippen LogP contribution < -0.4 is 4.74 Å². The average molecular weight is 334 g/mol. The fraction of sp³-hybridized carbons (Fsp3) is 0.438. The molecule has 24 heavy (non-hydrogen) atoms. The van der Waals surface area contributed by atoms with Crippen molar-refractivity contribution in [2.75, 3.05) is 13.1 Å². The summed E-state index contributed by atoms with van der Waals surface area (Å²) in [5, 5.41) is 14.1. The fourth-order valence-corrected chi connectivity index (χ4v) is 2.69. The van der Waals surface area contributed by atoms with Crippen molar-refractivity contribution in [3.05, 3.63) is 42.7 Å². The van der Waals surface area contributed by atoms with Crippen molar-refractivity contribution in [3.8, 4) is 5.75 Å². The van der Waals surface area contributed by atoms with E-state index >= 15 is 0 Å². The minimum atomic E-state index is -0.785. The second-order valence-corrected chi connectivity index (χ2v) is 5.74. The van der Waals surface area contributed by atoms with Gasteiger partial charge in [0.15, 0.2) is 0 Å². The zero-order chi connectivity index (χ0) is 16.9. The fourth-order valence-electron chi connectivity index (χ4n) is 2.69. The molecule has 2 atom stereocenters. The van der Waals surface area contributed by atoms with Gasteiger partial charge in [-0.25, -0.2) is 9.37 Å². The number of carbonyl (C=O) groups excluding carboxylic acids is 1. The number of aliphatic hydroxyl groups excluding tert-OH is 1. The Hall–Kier alpha value is -2.48. The normalized spacial score (nSPS) is 20.3. The van der Waals surface area contributed by atoms with Crippen LogP contribution in [0.5, 0.6) is 5.75 Å². The second-order valence-electron chi connectivity index (χ2n) is 5.74. The highest BCUT2D eigenvalue weighted by atomic mass is 19.1. The lowest BCUT2D eigenvalue weighted by atomic mass is 10.2. The van der Waals surface area contributed by atoms with Crippen LogP contribution in [0.25, 0.3) is 0 Å². The number of rotatable bonds is 6. The zero-order valence-electron chi connectivity index (χ0n) is 13.1. The molecule has 1 amide bonds. The van der Waals surface area contributed by atoms with Crippen LogP contribution in [0, 0.1) is 5.82 Å². The van der Waals surface area contributed by atoms with E-state index in [1.165, 1.54) is 18.5 Å². The predicted octanol–water partition coefficient (Wildman–Crippen LogP) is 0.848. The first kappa shape index (κ1) is 16.4. The summed E-state index contributed by atoms with van der Waals surface area (Å²) in [5.74, 6) is -0.0972. The molecule has 1 aromatic heterocycles. The van der Waals surface area contributed by atoms with E-state index in [9.17, 15) is 14.3 Å². The van der Waals surface area contributed by atoms with Crippen molar-refractivity contribution in [1.29, 1.82) is 0 Å². The monoisotopic (exact) mass is 334 g/mol. The van der Waals surface area contributed by atoms with E-state index in [1.54, 1.807) is 28.0 Å². The highest BCUT2D eigenvalue weighted by molar-refractivity contribution is 5.76. The predicted molar refractivity (Wildman–Crippen MR) is 82.7 cm³/mol. The Kier molecular flexibility index (Phi) is 5.05. The van der Waals surface area contributed by atoms with Gasteiger partial charge in [0.1, 0.15) is 36.4 Å². The first-order chi connectivity index (χ1) is 11.6. The van der Waals surface area contributed by atoms with Crippen molar-refractivity contribution < 1.29 is 19.0 Å². The van der Waals surface area contributed by atoms with Crippen LogP contribution in [0.3, 0.4) is 0 Å². The topological polar surface area (TPSA) is 80.5 Å². The van der Waals surface area contributed by atoms with Crippen molar-refractivity contribution in [2.24, 2.45) is 0 Å². The van der Waals surface area contributed by atoms with Crippen LogP contribution >= 0.6 is 0 Å². The molecule has 1 aliphatic rings. The maximum absolute atomic E-state index is 13.2. The van der Waals surface area contributed by atoms with Crippen LogP contribution in [0.1, 0.15) is 12.8 Å². The number of aromatic nitrogens is 3. The molecule has 1 saturated heterocycles. The molecule has 3 rings (SSSR count). The summed E-state index contributed by atoms with van der Waals surface area (Å²) in [6.45, 7) is 1.13. The number of benzene rings is 1. The lowest BCUT2D eigenvalue weighted by Crippen LogP contribution is -2.31. The van der Waals surface area contributed by atoms with E-state index in [4.69, 9.17) is 4.74 Å². The van der Waals surface area contributed by atoms with Gasteiger partial charge >= 0.3 is 0 Å². The quantitative estimate of drug-likeness (QED) is 0.847. The third-order valence-corrected chi connectivity index (χ3v) is 3.92. The smallest absolute Gasteiger partial charge is 0.222 e. The van der Waals surface area contributed by atoms with Crippen molar-refractivity contribution in [3.63, 3.8) is 0 Å². The Balaban J connectivity index is 1.48. The van der Waals surface area contributed by atoms with Crippen molar-refractivity contribution >= 4 is 5.91 Å². The second kappa shape index (κ2) is 7.39. The van der Waals surface area contributed by atoms with Crippen molar-refractivity contribution in [2.45, 2.75) is 31.6 Å². The molecule has 0 unspecified atom stereocenters. The van der Waals surface area contributed by atoms with Gasteiger partial charge in [0.25, 0.3) is 0 Å². The van der Waals surface area contributed by atoms with Gasteiger partial charge in [0, 0.05) is 19.0 Å². The van der Waals surface area contributed by atoms with Gasteiger partial charge in [0.05, 0.1) is 13.1 Å². The molecule has 7 nitrogen and oxygen atoms in total. The van der Waals surface area contributed by atoms with Crippen LogP contribution in [0.4, 0.5) is 4.39 Å². The molecule has 1 aliphatic heterocycles. The maximum atomic E-state index is 13.2. The number of hydrogen-bond acceptors (Lipinski definition) is 5. The lowest BCUT2D eigenvalue weighted by molar-refractivity contribution is -0.130. The number of nitrogens with zero attached hydrogens (tertiary/aromatic N) is 4. The highest BCUT2D eigenvalue weighted by Crippen LogP contribution is 2.20. The van der Waals surface area contributed by atoms with E-state index in [0.717, 1.165) is 0 Å². The average Bonchev–Trinajstić information content (AvgIpc) is 3.18. The van der Waals surface area contributed by atoms with Gasteiger partial charge in [-0.2, -0.15) is 5.10 Å². The summed E-state index contributed by atoms with van der Waals surface area (Å²) in [5.41, 5.74) is 0. The molecule has 0 bridgehead atoms. The summed E-state index contributed by atoms with van der Waals surface area (Å²) in [4.78, 5) is 17.6. The van der Waals surface area contributed by atoms with Crippen LogP contribution in [0.2, 0.25) is 0 Å². The van der Waals surface area contributed by atoms with Crippen molar-refractivity contribution in [1.82, 2.24) is 19.7 Å². The maximum Gasteiger partial charge on any atom is 0.222 e. The number of carbonyl (C=O) groups is 1. The molecule has 0 aliphatic carbocycles. The van der Waals surface area contributed by atoms with Crippen LogP contribution in [0.15, 0.2) is 36.9 Å². The Morgan fingerprint density at radius 3 is 3.04 bits per heavy atom. The zero-order valence-corrected chi connectivity index (χ0v) is 13.1. The molecule has 8 heteroatoms. The molecular weight excluding hydrogens is 315 g/mol. The molecule has 0 radical (unpaired) electrons. The summed E-state index contributed by atoms with van der Waals surface area (Å²) in [7, 11) is 0. The molecule has 128 valence electrons. The molecule has 0 saturated carbocycles. The SMILES string of the molecule is O=C(CCCn1cncn1)N1C[C@@H](O)[C@H](Oc2cccc(F)c2)C1. The third kappa shape index (κ3) is 4.08. The molecule has 1 N–H and O–H groups in total.